The van der Waals surface area contributed by atoms with Gasteiger partial charge >= 0.3 is 6.18 Å². The number of hydrogen-bond donors (Lipinski definition) is 5. The quantitative estimate of drug-likeness (QED) is 0.0667. The van der Waals surface area contributed by atoms with Crippen LogP contribution in [0.2, 0.25) is 0 Å². The topological polar surface area (TPSA) is 246 Å². The van der Waals surface area contributed by atoms with Crippen molar-refractivity contribution >= 4 is 46.9 Å². The minimum absolute atomic E-state index is 0.00281. The second-order valence-corrected chi connectivity index (χ2v) is 13.9. The maximum Gasteiger partial charge on any atom is 0.405 e. The highest BCUT2D eigenvalue weighted by atomic mass is 19.4. The molecule has 7 rings (SSSR count). The zero-order valence-corrected chi connectivity index (χ0v) is 32.1. The van der Waals surface area contributed by atoms with Crippen LogP contribution in [0, 0.1) is 0 Å². The minimum Gasteiger partial charge on any atom is -0.444 e. The van der Waals surface area contributed by atoms with E-state index >= 15 is 0 Å². The molecule has 2 aromatic carbocycles. The number of primary amides is 1. The van der Waals surface area contributed by atoms with Gasteiger partial charge in [-0.3, -0.25) is 39.0 Å². The number of halogens is 3. The van der Waals surface area contributed by atoms with Gasteiger partial charge in [0, 0.05) is 37.9 Å². The summed E-state index contributed by atoms with van der Waals surface area (Å²) < 4.78 is 50.3. The lowest BCUT2D eigenvalue weighted by molar-refractivity contribution is -0.136. The van der Waals surface area contributed by atoms with E-state index in [9.17, 15) is 41.9 Å². The van der Waals surface area contributed by atoms with Crippen LogP contribution < -0.4 is 27.0 Å². The van der Waals surface area contributed by atoms with Crippen molar-refractivity contribution < 1.29 is 51.1 Å². The number of piperidine rings is 1. The van der Waals surface area contributed by atoms with Gasteiger partial charge in [0.1, 0.15) is 24.7 Å². The lowest BCUT2D eigenvalue weighted by Crippen LogP contribution is -2.54. The fourth-order valence-electron chi connectivity index (χ4n) is 6.73. The Morgan fingerprint density at radius 1 is 1.03 bits per heavy atom. The number of nitrogens with one attached hydrogen (secondary N) is 4. The number of aryl methyl sites for hydroxylation is 1. The number of aromatic nitrogens is 4. The summed E-state index contributed by atoms with van der Waals surface area (Å²) in [6.45, 7) is 0.565. The molecule has 0 radical (unpaired) electrons. The zero-order valence-electron chi connectivity index (χ0n) is 32.1. The van der Waals surface area contributed by atoms with Crippen molar-refractivity contribution in [1.82, 2.24) is 35.3 Å². The molecular weight excluding hydrogens is 805 g/mol. The van der Waals surface area contributed by atoms with E-state index in [1.54, 1.807) is 30.3 Å². The molecule has 0 aliphatic carbocycles. The first-order chi connectivity index (χ1) is 29.3. The lowest BCUT2D eigenvalue weighted by Gasteiger charge is -2.27. The van der Waals surface area contributed by atoms with Crippen LogP contribution in [-0.4, -0.2) is 98.6 Å². The summed E-state index contributed by atoms with van der Waals surface area (Å²) in [4.78, 5) is 84.5. The van der Waals surface area contributed by atoms with E-state index in [2.05, 4.69) is 36.3 Å². The highest BCUT2D eigenvalue weighted by Crippen LogP contribution is 2.31. The Kier molecular flexibility index (Phi) is 12.3. The van der Waals surface area contributed by atoms with Crippen molar-refractivity contribution in [3.63, 3.8) is 0 Å². The molecule has 2 aliphatic heterocycles. The van der Waals surface area contributed by atoms with Gasteiger partial charge in [0.05, 0.1) is 35.3 Å². The van der Waals surface area contributed by atoms with E-state index < -0.39 is 54.2 Å². The van der Waals surface area contributed by atoms with Crippen molar-refractivity contribution in [2.24, 2.45) is 5.73 Å². The predicted molar refractivity (Wildman–Crippen MR) is 208 cm³/mol. The van der Waals surface area contributed by atoms with Crippen LogP contribution in [0.3, 0.4) is 0 Å². The van der Waals surface area contributed by atoms with Gasteiger partial charge in [0.2, 0.25) is 17.7 Å². The Bertz CT molecular complexity index is 2500. The molecule has 1 unspecified atom stereocenters. The first-order valence-corrected chi connectivity index (χ1v) is 18.9. The Balaban J connectivity index is 0.858. The van der Waals surface area contributed by atoms with Crippen molar-refractivity contribution in [2.45, 2.75) is 44.4 Å². The van der Waals surface area contributed by atoms with Gasteiger partial charge in [-0.2, -0.15) is 18.3 Å². The molecular formula is C40H37F3N10O8. The number of carbonyl (C=O) groups is 6. The van der Waals surface area contributed by atoms with E-state index in [4.69, 9.17) is 14.9 Å². The SMILES string of the molecule is NC(=O)c1nn(-c2ccc(CNCCOCCCc3cccc4c3C(=O)N(C3CCC(=O)NC3=O)C4=O)cc2)cc1NC(=O)c1coc(-c2ccnc(NCC(F)(F)F)c2)n1. The number of alkyl halides is 3. The predicted octanol–water partition coefficient (Wildman–Crippen LogP) is 3.39. The van der Waals surface area contributed by atoms with E-state index in [1.807, 2.05) is 12.1 Å². The number of ether oxygens (including phenoxy) is 1. The van der Waals surface area contributed by atoms with Crippen LogP contribution in [0.25, 0.3) is 17.1 Å². The van der Waals surface area contributed by atoms with Gasteiger partial charge in [-0.15, -0.1) is 0 Å². The molecule has 1 atom stereocenters. The maximum atomic E-state index is 13.3. The average molecular weight is 843 g/mol. The van der Waals surface area contributed by atoms with Crippen LogP contribution in [0.15, 0.2) is 77.7 Å². The van der Waals surface area contributed by atoms with Crippen LogP contribution in [0.5, 0.6) is 0 Å². The highest BCUT2D eigenvalue weighted by Gasteiger charge is 2.45. The van der Waals surface area contributed by atoms with E-state index in [0.29, 0.717) is 50.4 Å². The number of nitrogens with two attached hydrogens (primary N) is 1. The Morgan fingerprint density at radius 3 is 2.59 bits per heavy atom. The van der Waals surface area contributed by atoms with Crippen molar-refractivity contribution in [3.8, 4) is 17.1 Å². The molecule has 5 heterocycles. The number of fused-ring (bicyclic) bond motifs is 1. The molecule has 21 heteroatoms. The molecule has 1 saturated heterocycles. The summed E-state index contributed by atoms with van der Waals surface area (Å²) in [5.41, 5.74) is 8.11. The van der Waals surface area contributed by atoms with Gasteiger partial charge in [-0.1, -0.05) is 24.3 Å². The molecule has 0 saturated carbocycles. The Morgan fingerprint density at radius 2 is 1.84 bits per heavy atom. The van der Waals surface area contributed by atoms with Crippen LogP contribution >= 0.6 is 0 Å². The molecule has 6 amide bonds. The summed E-state index contributed by atoms with van der Waals surface area (Å²) in [7, 11) is 0. The third-order valence-electron chi connectivity index (χ3n) is 9.65. The average Bonchev–Trinajstić information content (AvgIpc) is 3.96. The number of benzene rings is 2. The molecule has 3 aromatic heterocycles. The van der Waals surface area contributed by atoms with Gasteiger partial charge in [-0.25, -0.2) is 14.6 Å². The molecule has 5 aromatic rings. The molecule has 2 aliphatic rings. The van der Waals surface area contributed by atoms with Gasteiger partial charge in [0.15, 0.2) is 11.4 Å². The third-order valence-corrected chi connectivity index (χ3v) is 9.65. The first-order valence-electron chi connectivity index (χ1n) is 18.9. The number of amides is 6. The number of oxazole rings is 1. The second kappa shape index (κ2) is 17.9. The molecule has 18 nitrogen and oxygen atoms in total. The number of hydrogen-bond acceptors (Lipinski definition) is 13. The molecule has 0 spiro atoms. The molecule has 1 fully saturated rings. The highest BCUT2D eigenvalue weighted by molar-refractivity contribution is 6.24. The second-order valence-electron chi connectivity index (χ2n) is 13.9. The number of imide groups is 2. The van der Waals surface area contributed by atoms with Crippen molar-refractivity contribution in [1.29, 1.82) is 0 Å². The number of rotatable bonds is 17. The number of anilines is 2. The van der Waals surface area contributed by atoms with Gasteiger partial charge in [0.25, 0.3) is 23.6 Å². The zero-order chi connectivity index (χ0) is 43.3. The summed E-state index contributed by atoms with van der Waals surface area (Å²) in [6, 6.07) is 14.0. The van der Waals surface area contributed by atoms with Crippen molar-refractivity contribution in [2.75, 3.05) is 36.9 Å². The van der Waals surface area contributed by atoms with Gasteiger partial charge in [-0.05, 0) is 60.7 Å². The smallest absolute Gasteiger partial charge is 0.405 e. The molecule has 6 N–H and O–H groups in total. The van der Waals surface area contributed by atoms with E-state index in [-0.39, 0.29) is 58.3 Å². The summed E-state index contributed by atoms with van der Waals surface area (Å²) in [5.74, 6) is -3.96. The minimum atomic E-state index is -4.45. The summed E-state index contributed by atoms with van der Waals surface area (Å²) in [6.07, 6.45) is 0.458. The molecule has 61 heavy (non-hydrogen) atoms. The lowest BCUT2D eigenvalue weighted by atomic mass is 9.99. The van der Waals surface area contributed by atoms with Crippen molar-refractivity contribution in [3.05, 3.63) is 107 Å². The Labute approximate surface area is 344 Å². The fraction of sp³-hybridized carbons (Fsp3) is 0.275. The number of carbonyl (C=O) groups excluding carboxylic acids is 6. The number of nitrogens with zero attached hydrogens (tertiary/aromatic N) is 5. The largest absolute Gasteiger partial charge is 0.444 e. The van der Waals surface area contributed by atoms with E-state index in [1.165, 1.54) is 29.2 Å². The van der Waals surface area contributed by atoms with E-state index in [0.717, 1.165) is 16.7 Å². The monoisotopic (exact) mass is 842 g/mol. The molecule has 0 bridgehead atoms. The van der Waals surface area contributed by atoms with Crippen LogP contribution in [0.1, 0.15) is 72.1 Å². The van der Waals surface area contributed by atoms with Crippen LogP contribution in [0.4, 0.5) is 24.7 Å². The maximum absolute atomic E-state index is 13.3. The molecule has 316 valence electrons. The first kappa shape index (κ1) is 41.9. The standard InChI is InChI=1S/C40H37F3N10O8/c41-40(42,43)21-47-30-17-24(12-13-46-30)37-49-28(20-61-37)35(56)48-27-19-52(51-33(27)34(44)55)25-8-6-22(7-9-25)18-45-14-16-60-15-2-4-23-3-1-5-26-32(23)39(59)53(38(26)58)29-10-11-31(54)50-36(29)57/h1,3,5-9,12-13,17,19-20,29,45H,2,4,10-11,14-16,18,21H2,(H2,44,55)(H,46,47)(H,48,56)(H,50,54,57). The fourth-order valence-corrected chi connectivity index (χ4v) is 6.73. The Hall–Kier alpha value is -7.26. The normalized spacial score (nSPS) is 15.2. The third kappa shape index (κ3) is 9.79. The van der Waals surface area contributed by atoms with Crippen LogP contribution in [-0.2, 0) is 27.3 Å². The number of pyridine rings is 1. The summed E-state index contributed by atoms with van der Waals surface area (Å²) in [5, 5.41) is 14.4. The van der Waals surface area contributed by atoms with Gasteiger partial charge < -0.3 is 30.8 Å². The summed E-state index contributed by atoms with van der Waals surface area (Å²) >= 11 is 0.